The van der Waals surface area contributed by atoms with Gasteiger partial charge in [0.05, 0.1) is 18.8 Å². The lowest BCUT2D eigenvalue weighted by atomic mass is 9.94. The summed E-state index contributed by atoms with van der Waals surface area (Å²) in [7, 11) is 0. The lowest BCUT2D eigenvalue weighted by molar-refractivity contribution is -0.147. The summed E-state index contributed by atoms with van der Waals surface area (Å²) in [4.78, 5) is 26.4. The van der Waals surface area contributed by atoms with E-state index in [0.29, 0.717) is 39.1 Å². The minimum absolute atomic E-state index is 0.0344. The lowest BCUT2D eigenvalue weighted by Gasteiger charge is -2.41. The molecule has 2 amide bonds. The number of likely N-dealkylation sites (tertiary alicyclic amines) is 1. The molecule has 2 heterocycles. The van der Waals surface area contributed by atoms with E-state index >= 15 is 0 Å². The number of carboxylic acid groups (broad SMARTS) is 1. The van der Waals surface area contributed by atoms with Crippen molar-refractivity contribution in [3.05, 3.63) is 0 Å². The summed E-state index contributed by atoms with van der Waals surface area (Å²) >= 11 is 0. The third-order valence-electron chi connectivity index (χ3n) is 3.77. The van der Waals surface area contributed by atoms with Crippen LogP contribution >= 0.6 is 0 Å². The van der Waals surface area contributed by atoms with Gasteiger partial charge in [0.1, 0.15) is 0 Å². The number of rotatable bonds is 1. The normalized spacial score (nSPS) is 27.2. The molecule has 1 atom stereocenters. The maximum Gasteiger partial charge on any atom is 0.328 e. The lowest BCUT2D eigenvalue weighted by Crippen LogP contribution is -2.58. The number of ether oxygens (including phenoxy) is 1. The number of carbonyl (C=O) groups is 2. The van der Waals surface area contributed by atoms with E-state index in [1.807, 2.05) is 0 Å². The molecule has 2 aliphatic heterocycles. The van der Waals surface area contributed by atoms with Gasteiger partial charge in [-0.1, -0.05) is 0 Å². The van der Waals surface area contributed by atoms with Crippen LogP contribution in [0, 0.1) is 0 Å². The Hall–Kier alpha value is -1.34. The molecule has 7 nitrogen and oxygen atoms in total. The van der Waals surface area contributed by atoms with Crippen molar-refractivity contribution in [3.8, 4) is 0 Å². The molecule has 0 saturated carbocycles. The van der Waals surface area contributed by atoms with Crippen LogP contribution in [0.5, 0.6) is 0 Å². The first-order valence-corrected chi connectivity index (χ1v) is 6.49. The number of carboxylic acids is 1. The van der Waals surface area contributed by atoms with Crippen molar-refractivity contribution in [2.45, 2.75) is 31.4 Å². The van der Waals surface area contributed by atoms with Crippen molar-refractivity contribution in [1.82, 2.24) is 9.80 Å². The number of piperidine rings is 1. The fourth-order valence-corrected chi connectivity index (χ4v) is 2.40. The van der Waals surface area contributed by atoms with Crippen LogP contribution in [0.2, 0.25) is 0 Å². The van der Waals surface area contributed by atoms with E-state index in [9.17, 15) is 14.7 Å². The van der Waals surface area contributed by atoms with E-state index in [4.69, 9.17) is 9.84 Å². The number of nitrogens with zero attached hydrogens (tertiary/aromatic N) is 2. The monoisotopic (exact) mass is 272 g/mol. The second-order valence-electron chi connectivity index (χ2n) is 5.39. The highest BCUT2D eigenvalue weighted by Crippen LogP contribution is 2.22. The molecule has 0 radical (unpaired) electrons. The molecule has 2 N–H and O–H groups in total. The van der Waals surface area contributed by atoms with Gasteiger partial charge in [0, 0.05) is 19.6 Å². The van der Waals surface area contributed by atoms with Crippen molar-refractivity contribution < 1.29 is 24.5 Å². The minimum Gasteiger partial charge on any atom is -0.480 e. The molecule has 19 heavy (non-hydrogen) atoms. The zero-order valence-electron chi connectivity index (χ0n) is 11.0. The summed E-state index contributed by atoms with van der Waals surface area (Å²) in [6.07, 6.45) is 1.03. The van der Waals surface area contributed by atoms with Gasteiger partial charge in [-0.3, -0.25) is 0 Å². The zero-order chi connectivity index (χ0) is 14.0. The van der Waals surface area contributed by atoms with Gasteiger partial charge in [-0.15, -0.1) is 0 Å². The van der Waals surface area contributed by atoms with Crippen molar-refractivity contribution in [3.63, 3.8) is 0 Å². The molecule has 2 fully saturated rings. The standard InChI is InChI=1S/C12H20N2O5/c1-12(18)2-4-13(5-3-12)11(17)14-6-7-19-8-9(14)10(15)16/h9,18H,2-8H2,1H3,(H,15,16). The molecule has 1 unspecified atom stereocenters. The van der Waals surface area contributed by atoms with Gasteiger partial charge in [0.25, 0.3) is 0 Å². The van der Waals surface area contributed by atoms with Crippen LogP contribution in [0.25, 0.3) is 0 Å². The third-order valence-corrected chi connectivity index (χ3v) is 3.77. The quantitative estimate of drug-likeness (QED) is 0.686. The van der Waals surface area contributed by atoms with Crippen LogP contribution in [0.4, 0.5) is 4.79 Å². The summed E-state index contributed by atoms with van der Waals surface area (Å²) in [5.41, 5.74) is -0.728. The highest BCUT2D eigenvalue weighted by atomic mass is 16.5. The van der Waals surface area contributed by atoms with E-state index in [1.165, 1.54) is 4.90 Å². The second-order valence-corrected chi connectivity index (χ2v) is 5.39. The average Bonchev–Trinajstić information content (AvgIpc) is 2.38. The van der Waals surface area contributed by atoms with E-state index in [-0.39, 0.29) is 12.6 Å². The highest BCUT2D eigenvalue weighted by molar-refractivity contribution is 5.83. The van der Waals surface area contributed by atoms with E-state index in [2.05, 4.69) is 0 Å². The number of aliphatic hydroxyl groups is 1. The van der Waals surface area contributed by atoms with Gasteiger partial charge in [-0.2, -0.15) is 0 Å². The highest BCUT2D eigenvalue weighted by Gasteiger charge is 2.37. The third kappa shape index (κ3) is 3.16. The number of morpholine rings is 1. The van der Waals surface area contributed by atoms with Crippen LogP contribution in [0.3, 0.4) is 0 Å². The fraction of sp³-hybridized carbons (Fsp3) is 0.833. The molecule has 108 valence electrons. The van der Waals surface area contributed by atoms with E-state index < -0.39 is 17.6 Å². The van der Waals surface area contributed by atoms with E-state index in [0.717, 1.165) is 0 Å². The first kappa shape index (κ1) is 14.1. The molecule has 0 aliphatic carbocycles. The van der Waals surface area contributed by atoms with Gasteiger partial charge < -0.3 is 24.7 Å². The van der Waals surface area contributed by atoms with Crippen molar-refractivity contribution in [2.75, 3.05) is 32.8 Å². The largest absolute Gasteiger partial charge is 0.480 e. The number of hydrogen-bond acceptors (Lipinski definition) is 4. The molecule has 0 aromatic heterocycles. The van der Waals surface area contributed by atoms with Crippen LogP contribution in [0.1, 0.15) is 19.8 Å². The van der Waals surface area contributed by atoms with Gasteiger partial charge in [-0.25, -0.2) is 9.59 Å². The fourth-order valence-electron chi connectivity index (χ4n) is 2.40. The Morgan fingerprint density at radius 2 is 1.89 bits per heavy atom. The molecule has 2 rings (SSSR count). The topological polar surface area (TPSA) is 90.3 Å². The molecule has 0 aromatic rings. The Morgan fingerprint density at radius 3 is 2.47 bits per heavy atom. The van der Waals surface area contributed by atoms with Crippen molar-refractivity contribution >= 4 is 12.0 Å². The van der Waals surface area contributed by atoms with Gasteiger partial charge >= 0.3 is 12.0 Å². The molecular weight excluding hydrogens is 252 g/mol. The van der Waals surface area contributed by atoms with Crippen LogP contribution in [0.15, 0.2) is 0 Å². The Labute approximate surface area is 111 Å². The average molecular weight is 272 g/mol. The van der Waals surface area contributed by atoms with Gasteiger partial charge in [-0.05, 0) is 19.8 Å². The van der Waals surface area contributed by atoms with Crippen LogP contribution in [-0.4, -0.2) is 76.5 Å². The Kier molecular flexibility index (Phi) is 3.96. The number of aliphatic carboxylic acids is 1. The number of carbonyl (C=O) groups excluding carboxylic acids is 1. The molecule has 0 spiro atoms. The van der Waals surface area contributed by atoms with Gasteiger partial charge in [0.15, 0.2) is 6.04 Å². The molecule has 2 aliphatic rings. The number of amides is 2. The minimum atomic E-state index is -1.04. The predicted octanol–water partition coefficient (Wildman–Crippen LogP) is -0.261. The molecule has 2 saturated heterocycles. The molecule has 0 aromatic carbocycles. The second kappa shape index (κ2) is 5.34. The Bertz CT molecular complexity index is 361. The smallest absolute Gasteiger partial charge is 0.328 e. The summed E-state index contributed by atoms with van der Waals surface area (Å²) in [5.74, 6) is -1.04. The van der Waals surface area contributed by atoms with Crippen LogP contribution < -0.4 is 0 Å². The van der Waals surface area contributed by atoms with Gasteiger partial charge in [0.2, 0.25) is 0 Å². The SMILES string of the molecule is CC1(O)CCN(C(=O)N2CCOCC2C(=O)O)CC1. The Balaban J connectivity index is 2.00. The van der Waals surface area contributed by atoms with Crippen LogP contribution in [-0.2, 0) is 9.53 Å². The summed E-state index contributed by atoms with van der Waals surface area (Å²) < 4.78 is 5.11. The predicted molar refractivity (Wildman–Crippen MR) is 65.8 cm³/mol. The first-order valence-electron chi connectivity index (χ1n) is 6.49. The Morgan fingerprint density at radius 1 is 1.26 bits per heavy atom. The molecule has 0 bridgehead atoms. The number of urea groups is 1. The molecular formula is C12H20N2O5. The zero-order valence-corrected chi connectivity index (χ0v) is 11.0. The first-order chi connectivity index (χ1) is 8.91. The summed E-state index contributed by atoms with van der Waals surface area (Å²) in [5, 5.41) is 19.0. The summed E-state index contributed by atoms with van der Waals surface area (Å²) in [6, 6.07) is -1.19. The van der Waals surface area contributed by atoms with Crippen molar-refractivity contribution in [1.29, 1.82) is 0 Å². The van der Waals surface area contributed by atoms with E-state index in [1.54, 1.807) is 11.8 Å². The number of hydrogen-bond donors (Lipinski definition) is 2. The maximum absolute atomic E-state index is 12.3. The van der Waals surface area contributed by atoms with Crippen molar-refractivity contribution in [2.24, 2.45) is 0 Å². The molecule has 7 heteroatoms. The maximum atomic E-state index is 12.3. The summed E-state index contributed by atoms with van der Waals surface area (Å²) in [6.45, 7) is 3.35.